The lowest BCUT2D eigenvalue weighted by Crippen LogP contribution is -2.30. The molecule has 0 bridgehead atoms. The van der Waals surface area contributed by atoms with Crippen LogP contribution in [0.2, 0.25) is 0 Å². The Kier molecular flexibility index (Phi) is 6.22. The molecule has 0 fully saturated rings. The van der Waals surface area contributed by atoms with Gasteiger partial charge in [0.05, 0.1) is 5.69 Å². The van der Waals surface area contributed by atoms with Crippen molar-refractivity contribution in [1.82, 2.24) is 14.5 Å². The second-order valence-corrected chi connectivity index (χ2v) is 8.14. The van der Waals surface area contributed by atoms with E-state index in [2.05, 4.69) is 14.8 Å². The van der Waals surface area contributed by atoms with Gasteiger partial charge in [0.2, 0.25) is 0 Å². The molecule has 5 nitrogen and oxygen atoms in total. The Morgan fingerprint density at radius 3 is 2.52 bits per heavy atom. The number of nitrogens with one attached hydrogen (secondary N) is 1. The lowest BCUT2D eigenvalue weighted by atomic mass is 10.0. The highest BCUT2D eigenvalue weighted by atomic mass is 19.4. The Hall–Kier alpha value is -2.09. The third-order valence-corrected chi connectivity index (χ3v) is 5.77. The average molecular weight is 410 g/mol. The minimum atomic E-state index is -4.93. The number of carbonyl (C=O) groups excluding carboxylic acids is 1. The number of fused-ring (bicyclic) bond motifs is 2. The first-order chi connectivity index (χ1) is 13.6. The van der Waals surface area contributed by atoms with Crippen molar-refractivity contribution in [2.24, 2.45) is 0 Å². The predicted molar refractivity (Wildman–Crippen MR) is 108 cm³/mol. The van der Waals surface area contributed by atoms with Crippen molar-refractivity contribution in [2.75, 3.05) is 26.0 Å². The molecule has 0 radical (unpaired) electrons. The fraction of sp³-hybridized carbons (Fsp3) is 0.619. The largest absolute Gasteiger partial charge is 0.471 e. The molecule has 2 heterocycles. The molecule has 0 saturated carbocycles. The number of anilines is 1. The molecule has 0 saturated heterocycles. The van der Waals surface area contributed by atoms with Crippen LogP contribution in [-0.4, -0.2) is 47.2 Å². The summed E-state index contributed by atoms with van der Waals surface area (Å²) in [7, 11) is 4.02. The minimum absolute atomic E-state index is 0.307. The molecule has 0 unspecified atom stereocenters. The van der Waals surface area contributed by atoms with Crippen molar-refractivity contribution in [3.05, 3.63) is 22.5 Å². The standard InChI is InChI=1S/C21H29F3N4O/c1-13-14(2)28(12-8-11-27(3)4)19-17(13)18(26-20(29)21(22,23)24)15-9-6-5-7-10-16(15)25-19/h5-12H2,1-4H3,(H,25,26,29). The highest BCUT2D eigenvalue weighted by Crippen LogP contribution is 2.38. The quantitative estimate of drug-likeness (QED) is 0.745. The molecule has 8 heteroatoms. The van der Waals surface area contributed by atoms with Gasteiger partial charge in [0.1, 0.15) is 5.65 Å². The maximum absolute atomic E-state index is 13.0. The minimum Gasteiger partial charge on any atom is -0.330 e. The molecule has 1 aliphatic carbocycles. The van der Waals surface area contributed by atoms with Crippen LogP contribution >= 0.6 is 0 Å². The SMILES string of the molecule is Cc1c(C)n(CCCN(C)C)c2nc3c(c(NC(=O)C(F)(F)F)c12)CCCCC3. The number of aryl methyl sites for hydroxylation is 3. The first kappa shape index (κ1) is 21.6. The average Bonchev–Trinajstić information content (AvgIpc) is 2.80. The summed E-state index contributed by atoms with van der Waals surface area (Å²) in [6, 6.07) is 0. The molecule has 1 amide bonds. The van der Waals surface area contributed by atoms with Gasteiger partial charge in [-0.2, -0.15) is 13.2 Å². The van der Waals surface area contributed by atoms with E-state index in [-0.39, 0.29) is 0 Å². The fourth-order valence-corrected chi connectivity index (χ4v) is 4.14. The molecule has 0 aliphatic heterocycles. The summed E-state index contributed by atoms with van der Waals surface area (Å²) in [4.78, 5) is 18.8. The Balaban J connectivity index is 2.17. The zero-order valence-electron chi connectivity index (χ0n) is 17.5. The van der Waals surface area contributed by atoms with Gasteiger partial charge in [-0.25, -0.2) is 4.98 Å². The van der Waals surface area contributed by atoms with Crippen LogP contribution in [-0.2, 0) is 24.2 Å². The summed E-state index contributed by atoms with van der Waals surface area (Å²) < 4.78 is 41.2. The van der Waals surface area contributed by atoms with Crippen molar-refractivity contribution in [3.8, 4) is 0 Å². The smallest absolute Gasteiger partial charge is 0.330 e. The molecule has 1 aliphatic rings. The van der Waals surface area contributed by atoms with Crippen LogP contribution < -0.4 is 5.32 Å². The van der Waals surface area contributed by atoms with Crippen molar-refractivity contribution in [3.63, 3.8) is 0 Å². The number of amides is 1. The Morgan fingerprint density at radius 2 is 1.86 bits per heavy atom. The topological polar surface area (TPSA) is 50.2 Å². The van der Waals surface area contributed by atoms with E-state index in [0.717, 1.165) is 67.7 Å². The molecule has 0 spiro atoms. The second kappa shape index (κ2) is 8.34. The molecule has 160 valence electrons. The second-order valence-electron chi connectivity index (χ2n) is 8.14. The third kappa shape index (κ3) is 4.42. The monoisotopic (exact) mass is 410 g/mol. The molecular formula is C21H29F3N4O. The summed E-state index contributed by atoms with van der Waals surface area (Å²) in [6.45, 7) is 5.49. The highest BCUT2D eigenvalue weighted by Gasteiger charge is 2.40. The van der Waals surface area contributed by atoms with E-state index < -0.39 is 12.1 Å². The van der Waals surface area contributed by atoms with E-state index in [4.69, 9.17) is 4.98 Å². The number of hydrogen-bond donors (Lipinski definition) is 1. The molecule has 1 N–H and O–H groups in total. The number of rotatable bonds is 5. The molecule has 2 aromatic heterocycles. The van der Waals surface area contributed by atoms with Crippen molar-refractivity contribution in [2.45, 2.75) is 65.1 Å². The lowest BCUT2D eigenvalue weighted by molar-refractivity contribution is -0.167. The van der Waals surface area contributed by atoms with Crippen LogP contribution in [0, 0.1) is 13.8 Å². The first-order valence-electron chi connectivity index (χ1n) is 10.1. The summed E-state index contributed by atoms with van der Waals surface area (Å²) in [5.41, 5.74) is 4.42. The van der Waals surface area contributed by atoms with Crippen LogP contribution in [0.15, 0.2) is 0 Å². The van der Waals surface area contributed by atoms with Gasteiger partial charge in [0.25, 0.3) is 0 Å². The van der Waals surface area contributed by atoms with Gasteiger partial charge in [-0.3, -0.25) is 4.79 Å². The van der Waals surface area contributed by atoms with E-state index in [1.807, 2.05) is 27.9 Å². The van der Waals surface area contributed by atoms with Gasteiger partial charge in [-0.15, -0.1) is 0 Å². The van der Waals surface area contributed by atoms with Crippen molar-refractivity contribution >= 4 is 22.6 Å². The number of halogens is 3. The van der Waals surface area contributed by atoms with Gasteiger partial charge in [-0.1, -0.05) is 6.42 Å². The summed E-state index contributed by atoms with van der Waals surface area (Å²) in [5, 5.41) is 2.86. The van der Waals surface area contributed by atoms with E-state index in [0.29, 0.717) is 23.1 Å². The maximum atomic E-state index is 13.0. The number of alkyl halides is 3. The van der Waals surface area contributed by atoms with Crippen LogP contribution in [0.25, 0.3) is 11.0 Å². The van der Waals surface area contributed by atoms with E-state index >= 15 is 0 Å². The van der Waals surface area contributed by atoms with Gasteiger partial charge in [-0.05, 0) is 77.7 Å². The number of hydrogen-bond acceptors (Lipinski definition) is 3. The molecule has 0 aromatic carbocycles. The van der Waals surface area contributed by atoms with Crippen LogP contribution in [0.5, 0.6) is 0 Å². The Labute approximate surface area is 169 Å². The number of aromatic nitrogens is 2. The number of nitrogens with zero attached hydrogens (tertiary/aromatic N) is 3. The first-order valence-corrected chi connectivity index (χ1v) is 10.1. The van der Waals surface area contributed by atoms with Crippen molar-refractivity contribution in [1.29, 1.82) is 0 Å². The highest BCUT2D eigenvalue weighted by molar-refractivity contribution is 6.05. The molecular weight excluding hydrogens is 381 g/mol. The molecule has 0 atom stereocenters. The van der Waals surface area contributed by atoms with Gasteiger partial charge < -0.3 is 14.8 Å². The van der Waals surface area contributed by atoms with Crippen molar-refractivity contribution < 1.29 is 18.0 Å². The lowest BCUT2D eigenvalue weighted by Gasteiger charge is -2.17. The van der Waals surface area contributed by atoms with Crippen LogP contribution in [0.1, 0.15) is 48.2 Å². The predicted octanol–water partition coefficient (Wildman–Crippen LogP) is 4.37. The van der Waals surface area contributed by atoms with Crippen LogP contribution in [0.4, 0.5) is 18.9 Å². The van der Waals surface area contributed by atoms with E-state index in [1.165, 1.54) is 0 Å². The molecule has 3 rings (SSSR count). The summed E-state index contributed by atoms with van der Waals surface area (Å²) >= 11 is 0. The summed E-state index contributed by atoms with van der Waals surface area (Å²) in [5.74, 6) is -1.92. The van der Waals surface area contributed by atoms with Gasteiger partial charge in [0, 0.05) is 23.3 Å². The van der Waals surface area contributed by atoms with E-state index in [1.54, 1.807) is 0 Å². The zero-order chi connectivity index (χ0) is 21.3. The van der Waals surface area contributed by atoms with Crippen LogP contribution in [0.3, 0.4) is 0 Å². The molecule has 2 aromatic rings. The normalized spacial score (nSPS) is 14.9. The zero-order valence-corrected chi connectivity index (χ0v) is 17.5. The summed E-state index contributed by atoms with van der Waals surface area (Å²) in [6.07, 6.45) is 0.184. The van der Waals surface area contributed by atoms with Gasteiger partial charge >= 0.3 is 12.1 Å². The Morgan fingerprint density at radius 1 is 1.17 bits per heavy atom. The Bertz CT molecular complexity index is 915. The maximum Gasteiger partial charge on any atom is 0.471 e. The number of carbonyl (C=O) groups is 1. The third-order valence-electron chi connectivity index (χ3n) is 5.77. The molecule has 29 heavy (non-hydrogen) atoms. The van der Waals surface area contributed by atoms with Gasteiger partial charge in [0.15, 0.2) is 0 Å². The fourth-order valence-electron chi connectivity index (χ4n) is 4.14. The van der Waals surface area contributed by atoms with E-state index in [9.17, 15) is 18.0 Å². The number of pyridine rings is 1.